The predicted molar refractivity (Wildman–Crippen MR) is 65.7 cm³/mol. The maximum Gasteiger partial charge on any atom is 0.124 e. The molecule has 0 aliphatic carbocycles. The third kappa shape index (κ3) is 3.04. The Hall–Kier alpha value is -0.870. The summed E-state index contributed by atoms with van der Waals surface area (Å²) >= 11 is 4.90. The number of rotatable bonds is 3. The quantitative estimate of drug-likeness (QED) is 0.888. The van der Waals surface area contributed by atoms with E-state index in [1.54, 1.807) is 11.3 Å². The van der Waals surface area contributed by atoms with Gasteiger partial charge in [0.15, 0.2) is 0 Å². The van der Waals surface area contributed by atoms with Crippen molar-refractivity contribution < 1.29 is 4.39 Å². The molecule has 1 N–H and O–H groups in total. The topological polar surface area (TPSA) is 12.0 Å². The molecular weight excluding hydrogens is 277 g/mol. The predicted octanol–water partition coefficient (Wildman–Crippen LogP) is 4.26. The molecule has 2 aromatic rings. The van der Waals surface area contributed by atoms with Gasteiger partial charge in [-0.25, -0.2) is 4.39 Å². The first-order chi connectivity index (χ1) is 7.24. The van der Waals surface area contributed by atoms with Gasteiger partial charge in [0.25, 0.3) is 0 Å². The summed E-state index contributed by atoms with van der Waals surface area (Å²) in [6.07, 6.45) is 0. The Balaban J connectivity index is 2.05. The molecule has 1 aromatic carbocycles. The van der Waals surface area contributed by atoms with Crippen LogP contribution >= 0.6 is 27.3 Å². The van der Waals surface area contributed by atoms with Crippen LogP contribution in [0.4, 0.5) is 10.1 Å². The highest BCUT2D eigenvalue weighted by molar-refractivity contribution is 9.10. The Morgan fingerprint density at radius 2 is 2.20 bits per heavy atom. The van der Waals surface area contributed by atoms with Gasteiger partial charge in [0.2, 0.25) is 0 Å². The SMILES string of the molecule is Fc1cc(Br)cc(CNc2ccsc2)c1. The van der Waals surface area contributed by atoms with Gasteiger partial charge in [-0.1, -0.05) is 15.9 Å². The van der Waals surface area contributed by atoms with Crippen LogP contribution < -0.4 is 5.32 Å². The van der Waals surface area contributed by atoms with E-state index in [0.29, 0.717) is 6.54 Å². The second kappa shape index (κ2) is 4.77. The fraction of sp³-hybridized carbons (Fsp3) is 0.0909. The third-order valence-electron chi connectivity index (χ3n) is 1.94. The van der Waals surface area contributed by atoms with E-state index in [1.165, 1.54) is 12.1 Å². The number of anilines is 1. The Labute approximate surface area is 100 Å². The smallest absolute Gasteiger partial charge is 0.124 e. The van der Waals surface area contributed by atoms with Gasteiger partial charge in [-0.05, 0) is 35.2 Å². The second-order valence-electron chi connectivity index (χ2n) is 3.14. The zero-order valence-electron chi connectivity index (χ0n) is 7.84. The molecule has 2 rings (SSSR count). The summed E-state index contributed by atoms with van der Waals surface area (Å²) < 4.78 is 13.8. The number of benzene rings is 1. The van der Waals surface area contributed by atoms with Crippen molar-refractivity contribution in [2.75, 3.05) is 5.32 Å². The summed E-state index contributed by atoms with van der Waals surface area (Å²) in [6.45, 7) is 0.632. The molecular formula is C11H9BrFNS. The van der Waals surface area contributed by atoms with Gasteiger partial charge in [-0.15, -0.1) is 0 Å². The lowest BCUT2D eigenvalue weighted by Gasteiger charge is -2.04. The first-order valence-corrected chi connectivity index (χ1v) is 6.19. The molecule has 1 nitrogen and oxygen atoms in total. The van der Waals surface area contributed by atoms with Gasteiger partial charge >= 0.3 is 0 Å². The monoisotopic (exact) mass is 285 g/mol. The van der Waals surface area contributed by atoms with Gasteiger partial charge in [0, 0.05) is 22.1 Å². The number of nitrogens with one attached hydrogen (secondary N) is 1. The first kappa shape index (κ1) is 10.6. The van der Waals surface area contributed by atoms with Crippen LogP contribution in [0.3, 0.4) is 0 Å². The Morgan fingerprint density at radius 1 is 1.33 bits per heavy atom. The molecule has 0 saturated carbocycles. The summed E-state index contributed by atoms with van der Waals surface area (Å²) in [6, 6.07) is 6.89. The molecule has 0 spiro atoms. The molecule has 0 saturated heterocycles. The number of hydrogen-bond donors (Lipinski definition) is 1. The number of thiophene rings is 1. The lowest BCUT2D eigenvalue weighted by Crippen LogP contribution is -1.98. The van der Waals surface area contributed by atoms with Gasteiger partial charge in [-0.2, -0.15) is 11.3 Å². The van der Waals surface area contributed by atoms with Gasteiger partial charge in [0.05, 0.1) is 0 Å². The van der Waals surface area contributed by atoms with Crippen molar-refractivity contribution in [3.05, 3.63) is 50.9 Å². The van der Waals surface area contributed by atoms with E-state index in [4.69, 9.17) is 0 Å². The molecule has 15 heavy (non-hydrogen) atoms. The number of halogens is 2. The fourth-order valence-electron chi connectivity index (χ4n) is 1.28. The zero-order chi connectivity index (χ0) is 10.7. The lowest BCUT2D eigenvalue weighted by molar-refractivity contribution is 0.625. The summed E-state index contributed by atoms with van der Waals surface area (Å²) in [5.74, 6) is -0.216. The highest BCUT2D eigenvalue weighted by atomic mass is 79.9. The van der Waals surface area contributed by atoms with E-state index >= 15 is 0 Å². The van der Waals surface area contributed by atoms with Crippen molar-refractivity contribution in [1.29, 1.82) is 0 Å². The minimum absolute atomic E-state index is 0.216. The van der Waals surface area contributed by atoms with Crippen molar-refractivity contribution in [2.24, 2.45) is 0 Å². The van der Waals surface area contributed by atoms with E-state index < -0.39 is 0 Å². The molecule has 1 heterocycles. The largest absolute Gasteiger partial charge is 0.380 e. The molecule has 0 atom stereocenters. The summed E-state index contributed by atoms with van der Waals surface area (Å²) in [5.41, 5.74) is 1.99. The normalized spacial score (nSPS) is 10.3. The van der Waals surface area contributed by atoms with Crippen LogP contribution in [-0.4, -0.2) is 0 Å². The van der Waals surface area contributed by atoms with Crippen LogP contribution in [0, 0.1) is 5.82 Å². The minimum Gasteiger partial charge on any atom is -0.380 e. The maximum atomic E-state index is 13.0. The van der Waals surface area contributed by atoms with Crippen molar-refractivity contribution in [3.63, 3.8) is 0 Å². The van der Waals surface area contributed by atoms with Crippen LogP contribution in [0.2, 0.25) is 0 Å². The minimum atomic E-state index is -0.216. The fourth-order valence-corrected chi connectivity index (χ4v) is 2.41. The van der Waals surface area contributed by atoms with Crippen LogP contribution in [0.15, 0.2) is 39.5 Å². The molecule has 0 aliphatic heterocycles. The van der Waals surface area contributed by atoms with Crippen molar-refractivity contribution >= 4 is 33.0 Å². The van der Waals surface area contributed by atoms with E-state index in [1.807, 2.05) is 22.9 Å². The van der Waals surface area contributed by atoms with Crippen LogP contribution in [0.5, 0.6) is 0 Å². The number of hydrogen-bond acceptors (Lipinski definition) is 2. The van der Waals surface area contributed by atoms with Crippen LogP contribution in [-0.2, 0) is 6.54 Å². The molecule has 0 aliphatic rings. The maximum absolute atomic E-state index is 13.0. The average Bonchev–Trinajstić information content (AvgIpc) is 2.65. The average molecular weight is 286 g/mol. The molecule has 0 bridgehead atoms. The molecule has 78 valence electrons. The van der Waals surface area contributed by atoms with Gasteiger partial charge in [0.1, 0.15) is 5.82 Å². The van der Waals surface area contributed by atoms with E-state index in [9.17, 15) is 4.39 Å². The van der Waals surface area contributed by atoms with Gasteiger partial charge in [-0.3, -0.25) is 0 Å². The first-order valence-electron chi connectivity index (χ1n) is 4.45. The van der Waals surface area contributed by atoms with Crippen LogP contribution in [0.25, 0.3) is 0 Å². The summed E-state index contributed by atoms with van der Waals surface area (Å²) in [7, 11) is 0. The standard InChI is InChI=1S/C11H9BrFNS/c12-9-3-8(4-10(13)5-9)6-14-11-1-2-15-7-11/h1-5,7,14H,6H2. The highest BCUT2D eigenvalue weighted by Gasteiger charge is 1.99. The zero-order valence-corrected chi connectivity index (χ0v) is 10.2. The lowest BCUT2D eigenvalue weighted by atomic mass is 10.2. The van der Waals surface area contributed by atoms with Crippen molar-refractivity contribution in [1.82, 2.24) is 0 Å². The van der Waals surface area contributed by atoms with Crippen molar-refractivity contribution in [2.45, 2.75) is 6.54 Å². The van der Waals surface area contributed by atoms with Crippen LogP contribution in [0.1, 0.15) is 5.56 Å². The van der Waals surface area contributed by atoms with Gasteiger partial charge < -0.3 is 5.32 Å². The molecule has 0 amide bonds. The molecule has 0 radical (unpaired) electrons. The molecule has 0 fully saturated rings. The Bertz CT molecular complexity index is 422. The molecule has 4 heteroatoms. The molecule has 1 aromatic heterocycles. The third-order valence-corrected chi connectivity index (χ3v) is 3.08. The Kier molecular flexibility index (Phi) is 3.38. The molecule has 0 unspecified atom stereocenters. The van der Waals surface area contributed by atoms with E-state index in [0.717, 1.165) is 15.7 Å². The highest BCUT2D eigenvalue weighted by Crippen LogP contribution is 2.17. The summed E-state index contributed by atoms with van der Waals surface area (Å²) in [4.78, 5) is 0. The Morgan fingerprint density at radius 3 is 2.87 bits per heavy atom. The van der Waals surface area contributed by atoms with E-state index in [2.05, 4.69) is 21.2 Å². The second-order valence-corrected chi connectivity index (χ2v) is 4.84. The van der Waals surface area contributed by atoms with E-state index in [-0.39, 0.29) is 5.82 Å². The summed E-state index contributed by atoms with van der Waals surface area (Å²) in [5, 5.41) is 7.24. The van der Waals surface area contributed by atoms with Crippen molar-refractivity contribution in [3.8, 4) is 0 Å².